The second kappa shape index (κ2) is 8.91. The summed E-state index contributed by atoms with van der Waals surface area (Å²) in [6.07, 6.45) is 4.44. The van der Waals surface area contributed by atoms with Gasteiger partial charge in [0.15, 0.2) is 0 Å². The molecule has 0 saturated heterocycles. The zero-order valence-electron chi connectivity index (χ0n) is 10.3. The van der Waals surface area contributed by atoms with E-state index in [1.807, 2.05) is 0 Å². The van der Waals surface area contributed by atoms with Crippen LogP contribution >= 0.6 is 24.2 Å². The van der Waals surface area contributed by atoms with E-state index in [1.165, 1.54) is 16.9 Å². The van der Waals surface area contributed by atoms with Gasteiger partial charge in [0.05, 0.1) is 0 Å². The summed E-state index contributed by atoms with van der Waals surface area (Å²) in [5.74, 6) is 0. The van der Waals surface area contributed by atoms with Crippen molar-refractivity contribution in [1.82, 2.24) is 5.32 Å². The fourth-order valence-electron chi connectivity index (χ4n) is 1.70. The van der Waals surface area contributed by atoms with Crippen molar-refractivity contribution < 1.29 is 0 Å². The summed E-state index contributed by atoms with van der Waals surface area (Å²) < 4.78 is 0. The van der Waals surface area contributed by atoms with E-state index >= 15 is 0 Å². The standard InChI is InChI=1S/C13H21NS.ClH/c1-4-12(14-5-2)10-11-6-8-13(15-3)9-7-11;/h6-9,12,14H,4-5,10H2,1-3H3;1H. The third-order valence-corrected chi connectivity index (χ3v) is 3.37. The second-order valence-corrected chi connectivity index (χ2v) is 4.59. The normalized spacial score (nSPS) is 11.9. The van der Waals surface area contributed by atoms with E-state index in [0.717, 1.165) is 13.0 Å². The summed E-state index contributed by atoms with van der Waals surface area (Å²) in [6, 6.07) is 9.52. The molecular formula is C13H22ClNS. The number of rotatable bonds is 6. The van der Waals surface area contributed by atoms with E-state index in [2.05, 4.69) is 49.7 Å². The van der Waals surface area contributed by atoms with Gasteiger partial charge in [-0.2, -0.15) is 0 Å². The molecule has 1 nitrogen and oxygen atoms in total. The molecule has 0 aromatic heterocycles. The van der Waals surface area contributed by atoms with Crippen LogP contribution in [0.15, 0.2) is 29.2 Å². The molecule has 0 bridgehead atoms. The van der Waals surface area contributed by atoms with Gasteiger partial charge in [0.1, 0.15) is 0 Å². The molecular weight excluding hydrogens is 238 g/mol. The summed E-state index contributed by atoms with van der Waals surface area (Å²) in [5, 5.41) is 3.50. The van der Waals surface area contributed by atoms with Crippen LogP contribution in [0, 0.1) is 0 Å². The summed E-state index contributed by atoms with van der Waals surface area (Å²) in [5.41, 5.74) is 1.43. The molecule has 0 amide bonds. The number of halogens is 1. The molecule has 1 unspecified atom stereocenters. The molecule has 1 aromatic carbocycles. The average molecular weight is 260 g/mol. The predicted molar refractivity (Wildman–Crippen MR) is 76.9 cm³/mol. The van der Waals surface area contributed by atoms with E-state index < -0.39 is 0 Å². The fraction of sp³-hybridized carbons (Fsp3) is 0.538. The van der Waals surface area contributed by atoms with Gasteiger partial charge in [-0.15, -0.1) is 24.2 Å². The SMILES string of the molecule is CCNC(CC)Cc1ccc(SC)cc1.Cl. The minimum absolute atomic E-state index is 0. The van der Waals surface area contributed by atoms with Gasteiger partial charge in [-0.3, -0.25) is 0 Å². The highest BCUT2D eigenvalue weighted by molar-refractivity contribution is 7.98. The Kier molecular flexibility index (Phi) is 8.81. The lowest BCUT2D eigenvalue weighted by Gasteiger charge is -2.15. The van der Waals surface area contributed by atoms with E-state index in [4.69, 9.17) is 0 Å². The van der Waals surface area contributed by atoms with Crippen molar-refractivity contribution >= 4 is 24.2 Å². The van der Waals surface area contributed by atoms with Crippen molar-refractivity contribution in [3.63, 3.8) is 0 Å². The van der Waals surface area contributed by atoms with Gasteiger partial charge in [0, 0.05) is 10.9 Å². The van der Waals surface area contributed by atoms with Crippen LogP contribution in [-0.4, -0.2) is 18.8 Å². The molecule has 1 atom stereocenters. The van der Waals surface area contributed by atoms with Crippen molar-refractivity contribution in [2.45, 2.75) is 37.6 Å². The topological polar surface area (TPSA) is 12.0 Å². The molecule has 0 spiro atoms. The summed E-state index contributed by atoms with van der Waals surface area (Å²) in [6.45, 7) is 5.46. The molecule has 1 aromatic rings. The summed E-state index contributed by atoms with van der Waals surface area (Å²) in [7, 11) is 0. The van der Waals surface area contributed by atoms with Crippen molar-refractivity contribution in [2.24, 2.45) is 0 Å². The number of nitrogens with one attached hydrogen (secondary N) is 1. The number of benzene rings is 1. The Bertz CT molecular complexity index is 274. The quantitative estimate of drug-likeness (QED) is 0.781. The van der Waals surface area contributed by atoms with E-state index in [9.17, 15) is 0 Å². The minimum Gasteiger partial charge on any atom is -0.314 e. The Labute approximate surface area is 110 Å². The highest BCUT2D eigenvalue weighted by Crippen LogP contribution is 2.16. The molecule has 0 aliphatic carbocycles. The van der Waals surface area contributed by atoms with E-state index in [-0.39, 0.29) is 12.4 Å². The first kappa shape index (κ1) is 15.8. The van der Waals surface area contributed by atoms with Crippen LogP contribution in [0.25, 0.3) is 0 Å². The van der Waals surface area contributed by atoms with Crippen LogP contribution < -0.4 is 5.32 Å². The van der Waals surface area contributed by atoms with Gasteiger partial charge >= 0.3 is 0 Å². The molecule has 0 fully saturated rings. The maximum Gasteiger partial charge on any atom is 0.0105 e. The van der Waals surface area contributed by atoms with Crippen molar-refractivity contribution in [2.75, 3.05) is 12.8 Å². The van der Waals surface area contributed by atoms with Crippen LogP contribution in [0.3, 0.4) is 0 Å². The monoisotopic (exact) mass is 259 g/mol. The average Bonchev–Trinajstić information content (AvgIpc) is 2.29. The number of likely N-dealkylation sites (N-methyl/N-ethyl adjacent to an activating group) is 1. The molecule has 1 rings (SSSR count). The summed E-state index contributed by atoms with van der Waals surface area (Å²) in [4.78, 5) is 1.34. The zero-order chi connectivity index (χ0) is 11.1. The third kappa shape index (κ3) is 5.24. The largest absolute Gasteiger partial charge is 0.314 e. The first-order chi connectivity index (χ1) is 7.30. The first-order valence-electron chi connectivity index (χ1n) is 5.66. The van der Waals surface area contributed by atoms with Crippen LogP contribution in [0.1, 0.15) is 25.8 Å². The lowest BCUT2D eigenvalue weighted by molar-refractivity contribution is 0.510. The van der Waals surface area contributed by atoms with E-state index in [0.29, 0.717) is 6.04 Å². The van der Waals surface area contributed by atoms with Gasteiger partial charge in [-0.25, -0.2) is 0 Å². The molecule has 92 valence electrons. The molecule has 0 aliphatic heterocycles. The van der Waals surface area contributed by atoms with Crippen LogP contribution in [-0.2, 0) is 6.42 Å². The van der Waals surface area contributed by atoms with Crippen LogP contribution in [0.5, 0.6) is 0 Å². The lowest BCUT2D eigenvalue weighted by atomic mass is 10.0. The maximum absolute atomic E-state index is 3.50. The third-order valence-electron chi connectivity index (χ3n) is 2.63. The Morgan fingerprint density at radius 3 is 2.25 bits per heavy atom. The summed E-state index contributed by atoms with van der Waals surface area (Å²) >= 11 is 1.80. The lowest BCUT2D eigenvalue weighted by Crippen LogP contribution is -2.30. The zero-order valence-corrected chi connectivity index (χ0v) is 12.0. The van der Waals surface area contributed by atoms with Crippen LogP contribution in [0.4, 0.5) is 0 Å². The molecule has 16 heavy (non-hydrogen) atoms. The Morgan fingerprint density at radius 2 is 1.81 bits per heavy atom. The minimum atomic E-state index is 0. The molecule has 1 N–H and O–H groups in total. The highest BCUT2D eigenvalue weighted by Gasteiger charge is 2.05. The van der Waals surface area contributed by atoms with Gasteiger partial charge in [0.2, 0.25) is 0 Å². The smallest absolute Gasteiger partial charge is 0.0105 e. The first-order valence-corrected chi connectivity index (χ1v) is 6.88. The Morgan fingerprint density at radius 1 is 1.19 bits per heavy atom. The molecule has 0 saturated carbocycles. The predicted octanol–water partition coefficient (Wildman–Crippen LogP) is 3.76. The Balaban J connectivity index is 0.00000225. The number of thioether (sulfide) groups is 1. The molecule has 3 heteroatoms. The highest BCUT2D eigenvalue weighted by atomic mass is 35.5. The molecule has 0 heterocycles. The van der Waals surface area contributed by atoms with Crippen molar-refractivity contribution in [1.29, 1.82) is 0 Å². The number of hydrogen-bond donors (Lipinski definition) is 1. The van der Waals surface area contributed by atoms with Crippen molar-refractivity contribution in [3.05, 3.63) is 29.8 Å². The fourth-order valence-corrected chi connectivity index (χ4v) is 2.10. The second-order valence-electron chi connectivity index (χ2n) is 3.72. The van der Waals surface area contributed by atoms with Crippen molar-refractivity contribution in [3.8, 4) is 0 Å². The maximum atomic E-state index is 3.50. The Hall–Kier alpha value is -0.180. The van der Waals surface area contributed by atoms with Gasteiger partial charge in [-0.05, 0) is 43.3 Å². The van der Waals surface area contributed by atoms with Crippen LogP contribution in [0.2, 0.25) is 0 Å². The van der Waals surface area contributed by atoms with Gasteiger partial charge in [-0.1, -0.05) is 26.0 Å². The molecule has 0 radical (unpaired) electrons. The number of hydrogen-bond acceptors (Lipinski definition) is 2. The van der Waals surface area contributed by atoms with E-state index in [1.54, 1.807) is 11.8 Å². The van der Waals surface area contributed by atoms with Gasteiger partial charge in [0.25, 0.3) is 0 Å². The van der Waals surface area contributed by atoms with Gasteiger partial charge < -0.3 is 5.32 Å². The molecule has 0 aliphatic rings.